The molecule has 17 heavy (non-hydrogen) atoms. The van der Waals surface area contributed by atoms with E-state index in [9.17, 15) is 9.59 Å². The maximum atomic E-state index is 12.2. The number of carbonyl (C=O) groups is 2. The Morgan fingerprint density at radius 1 is 1.47 bits per heavy atom. The minimum atomic E-state index is -0.897. The molecular formula is C12H15NO3S. The molecule has 1 N–H and O–H groups in total. The van der Waals surface area contributed by atoms with E-state index in [2.05, 4.69) is 0 Å². The SMILES string of the molecule is Cc1csc(C(=O)N2CCCCC2C(=O)O)c1. The summed E-state index contributed by atoms with van der Waals surface area (Å²) < 4.78 is 0. The smallest absolute Gasteiger partial charge is 0.326 e. The van der Waals surface area contributed by atoms with E-state index in [-0.39, 0.29) is 5.91 Å². The third kappa shape index (κ3) is 2.49. The van der Waals surface area contributed by atoms with Crippen LogP contribution >= 0.6 is 11.3 Å². The van der Waals surface area contributed by atoms with Crippen LogP contribution in [0, 0.1) is 6.92 Å². The molecule has 1 amide bonds. The number of carboxylic acids is 1. The molecule has 1 saturated heterocycles. The van der Waals surface area contributed by atoms with Gasteiger partial charge in [-0.25, -0.2) is 4.79 Å². The average Bonchev–Trinajstić information content (AvgIpc) is 2.75. The van der Waals surface area contributed by atoms with Gasteiger partial charge in [-0.15, -0.1) is 11.3 Å². The van der Waals surface area contributed by atoms with Crippen LogP contribution in [0.15, 0.2) is 11.4 Å². The summed E-state index contributed by atoms with van der Waals surface area (Å²) in [5.41, 5.74) is 1.04. The maximum absolute atomic E-state index is 12.2. The van der Waals surface area contributed by atoms with Crippen LogP contribution < -0.4 is 0 Å². The fourth-order valence-corrected chi connectivity index (χ4v) is 2.97. The predicted molar refractivity (Wildman–Crippen MR) is 65.4 cm³/mol. The van der Waals surface area contributed by atoms with E-state index in [1.54, 1.807) is 0 Å². The summed E-state index contributed by atoms with van der Waals surface area (Å²) in [4.78, 5) is 25.4. The summed E-state index contributed by atoms with van der Waals surface area (Å²) in [5, 5.41) is 11.0. The second-order valence-corrected chi connectivity index (χ2v) is 5.25. The van der Waals surface area contributed by atoms with Gasteiger partial charge < -0.3 is 10.0 Å². The van der Waals surface area contributed by atoms with Crippen molar-refractivity contribution in [2.24, 2.45) is 0 Å². The molecule has 0 spiro atoms. The van der Waals surface area contributed by atoms with Crippen molar-refractivity contribution < 1.29 is 14.7 Å². The van der Waals surface area contributed by atoms with Crippen molar-refractivity contribution in [2.45, 2.75) is 32.2 Å². The number of hydrogen-bond donors (Lipinski definition) is 1. The fourth-order valence-electron chi connectivity index (χ4n) is 2.12. The highest BCUT2D eigenvalue weighted by molar-refractivity contribution is 7.12. The number of carbonyl (C=O) groups excluding carboxylic acids is 1. The van der Waals surface area contributed by atoms with E-state index in [4.69, 9.17) is 5.11 Å². The molecule has 1 atom stereocenters. The van der Waals surface area contributed by atoms with Crippen molar-refractivity contribution in [1.82, 2.24) is 4.90 Å². The third-order valence-electron chi connectivity index (χ3n) is 2.99. The van der Waals surface area contributed by atoms with E-state index in [0.29, 0.717) is 17.8 Å². The van der Waals surface area contributed by atoms with E-state index >= 15 is 0 Å². The second-order valence-electron chi connectivity index (χ2n) is 4.34. The Labute approximate surface area is 104 Å². The quantitative estimate of drug-likeness (QED) is 0.878. The Hall–Kier alpha value is -1.36. The van der Waals surface area contributed by atoms with Crippen LogP contribution in [-0.4, -0.2) is 34.5 Å². The number of aliphatic carboxylic acids is 1. The van der Waals surface area contributed by atoms with Gasteiger partial charge in [0, 0.05) is 6.54 Å². The van der Waals surface area contributed by atoms with Crippen molar-refractivity contribution >= 4 is 23.2 Å². The molecule has 1 aromatic rings. The van der Waals surface area contributed by atoms with Crippen LogP contribution in [-0.2, 0) is 4.79 Å². The standard InChI is InChI=1S/C12H15NO3S/c1-8-6-10(17-7-8)11(14)13-5-3-2-4-9(13)12(15)16/h6-7,9H,2-5H2,1H3,(H,15,16). The number of likely N-dealkylation sites (tertiary alicyclic amines) is 1. The first-order chi connectivity index (χ1) is 8.09. The van der Waals surface area contributed by atoms with Crippen LogP contribution in [0.1, 0.15) is 34.5 Å². The number of piperidine rings is 1. The van der Waals surface area contributed by atoms with Crippen molar-refractivity contribution in [2.75, 3.05) is 6.54 Å². The molecule has 4 nitrogen and oxygen atoms in total. The Morgan fingerprint density at radius 2 is 2.24 bits per heavy atom. The van der Waals surface area contributed by atoms with Gasteiger partial charge in [0.2, 0.25) is 0 Å². The van der Waals surface area contributed by atoms with E-state index < -0.39 is 12.0 Å². The van der Waals surface area contributed by atoms with Crippen LogP contribution in [0.3, 0.4) is 0 Å². The Morgan fingerprint density at radius 3 is 2.82 bits per heavy atom. The lowest BCUT2D eigenvalue weighted by atomic mass is 10.0. The van der Waals surface area contributed by atoms with Crippen LogP contribution in [0.2, 0.25) is 0 Å². The largest absolute Gasteiger partial charge is 0.480 e. The van der Waals surface area contributed by atoms with Gasteiger partial charge in [0.1, 0.15) is 6.04 Å². The molecule has 2 rings (SSSR count). The normalized spacial score (nSPS) is 20.3. The number of nitrogens with zero attached hydrogens (tertiary/aromatic N) is 1. The van der Waals surface area contributed by atoms with Crippen LogP contribution in [0.5, 0.6) is 0 Å². The van der Waals surface area contributed by atoms with Crippen molar-refractivity contribution in [3.63, 3.8) is 0 Å². The molecule has 0 aliphatic carbocycles. The van der Waals surface area contributed by atoms with Crippen LogP contribution in [0.4, 0.5) is 0 Å². The summed E-state index contributed by atoms with van der Waals surface area (Å²) in [7, 11) is 0. The molecule has 1 fully saturated rings. The molecule has 92 valence electrons. The highest BCUT2D eigenvalue weighted by atomic mass is 32.1. The van der Waals surface area contributed by atoms with Gasteiger partial charge >= 0.3 is 5.97 Å². The molecular weight excluding hydrogens is 238 g/mol. The molecule has 1 aliphatic rings. The zero-order chi connectivity index (χ0) is 12.4. The fraction of sp³-hybridized carbons (Fsp3) is 0.500. The lowest BCUT2D eigenvalue weighted by Gasteiger charge is -2.32. The molecule has 0 bridgehead atoms. The second kappa shape index (κ2) is 4.87. The first kappa shape index (κ1) is 12.1. The van der Waals surface area contributed by atoms with E-state index in [0.717, 1.165) is 18.4 Å². The molecule has 5 heteroatoms. The zero-order valence-corrected chi connectivity index (χ0v) is 10.5. The van der Waals surface area contributed by atoms with Gasteiger partial charge in [0.05, 0.1) is 4.88 Å². The number of thiophene rings is 1. The van der Waals surface area contributed by atoms with Gasteiger partial charge in [-0.2, -0.15) is 0 Å². The van der Waals surface area contributed by atoms with Gasteiger partial charge in [0.15, 0.2) is 0 Å². The number of carboxylic acid groups (broad SMARTS) is 1. The molecule has 1 aromatic heterocycles. The summed E-state index contributed by atoms with van der Waals surface area (Å²) >= 11 is 1.38. The van der Waals surface area contributed by atoms with Gasteiger partial charge in [-0.05, 0) is 43.2 Å². The van der Waals surface area contributed by atoms with Crippen LogP contribution in [0.25, 0.3) is 0 Å². The predicted octanol–water partition coefficient (Wildman–Crippen LogP) is 2.14. The minimum absolute atomic E-state index is 0.143. The number of aryl methyl sites for hydroxylation is 1. The third-order valence-corrected chi connectivity index (χ3v) is 4.03. The molecule has 0 saturated carbocycles. The van der Waals surface area contributed by atoms with Crippen molar-refractivity contribution in [3.8, 4) is 0 Å². The highest BCUT2D eigenvalue weighted by Gasteiger charge is 2.32. The van der Waals surface area contributed by atoms with E-state index in [1.165, 1.54) is 16.2 Å². The van der Waals surface area contributed by atoms with Crippen molar-refractivity contribution in [3.05, 3.63) is 21.9 Å². The lowest BCUT2D eigenvalue weighted by molar-refractivity contribution is -0.143. The molecule has 0 radical (unpaired) electrons. The molecule has 0 aromatic carbocycles. The first-order valence-electron chi connectivity index (χ1n) is 5.68. The van der Waals surface area contributed by atoms with Gasteiger partial charge in [-0.1, -0.05) is 0 Å². The number of hydrogen-bond acceptors (Lipinski definition) is 3. The van der Waals surface area contributed by atoms with Gasteiger partial charge in [-0.3, -0.25) is 4.79 Å². The summed E-state index contributed by atoms with van der Waals surface area (Å²) in [6.45, 7) is 2.48. The zero-order valence-electron chi connectivity index (χ0n) is 9.68. The Bertz CT molecular complexity index is 441. The van der Waals surface area contributed by atoms with Crippen molar-refractivity contribution in [1.29, 1.82) is 0 Å². The summed E-state index contributed by atoms with van der Waals surface area (Å²) in [5.74, 6) is -1.04. The number of rotatable bonds is 2. The molecule has 1 aliphatic heterocycles. The van der Waals surface area contributed by atoms with Gasteiger partial charge in [0.25, 0.3) is 5.91 Å². The summed E-state index contributed by atoms with van der Waals surface area (Å²) in [6.07, 6.45) is 2.33. The number of amides is 1. The first-order valence-corrected chi connectivity index (χ1v) is 6.56. The lowest BCUT2D eigenvalue weighted by Crippen LogP contribution is -2.47. The minimum Gasteiger partial charge on any atom is -0.480 e. The monoisotopic (exact) mass is 253 g/mol. The molecule has 1 unspecified atom stereocenters. The average molecular weight is 253 g/mol. The van der Waals surface area contributed by atoms with E-state index in [1.807, 2.05) is 18.4 Å². The Balaban J connectivity index is 2.19. The summed E-state index contributed by atoms with van der Waals surface area (Å²) in [6, 6.07) is 1.17. The molecule has 2 heterocycles. The Kier molecular flexibility index (Phi) is 3.47. The highest BCUT2D eigenvalue weighted by Crippen LogP contribution is 2.23. The topological polar surface area (TPSA) is 57.6 Å². The maximum Gasteiger partial charge on any atom is 0.326 e.